The van der Waals surface area contributed by atoms with Crippen LogP contribution in [-0.4, -0.2) is 29.0 Å². The maximum atomic E-state index is 9.87. The van der Waals surface area contributed by atoms with Crippen LogP contribution in [0.25, 0.3) is 0 Å². The fraction of sp³-hybridized carbons (Fsp3) is 0.538. The molecular weight excluding hydrogens is 284 g/mol. The van der Waals surface area contributed by atoms with Gasteiger partial charge in [-0.05, 0) is 29.7 Å². The highest BCUT2D eigenvalue weighted by molar-refractivity contribution is 9.10. The van der Waals surface area contributed by atoms with E-state index < -0.39 is 12.2 Å². The van der Waals surface area contributed by atoms with E-state index in [0.717, 1.165) is 22.2 Å². The summed E-state index contributed by atoms with van der Waals surface area (Å²) in [6.45, 7) is 2.56. The molecule has 2 atom stereocenters. The zero-order valence-corrected chi connectivity index (χ0v) is 11.4. The van der Waals surface area contributed by atoms with Crippen molar-refractivity contribution in [3.63, 3.8) is 0 Å². The zero-order valence-electron chi connectivity index (χ0n) is 9.82. The summed E-state index contributed by atoms with van der Waals surface area (Å²) in [4.78, 5) is 0. The van der Waals surface area contributed by atoms with Crippen LogP contribution in [0.5, 0.6) is 5.75 Å². The van der Waals surface area contributed by atoms with Crippen LogP contribution in [0.2, 0.25) is 0 Å². The topological polar surface area (TPSA) is 49.7 Å². The lowest BCUT2D eigenvalue weighted by Crippen LogP contribution is -2.27. The Morgan fingerprint density at radius 1 is 1.35 bits per heavy atom. The summed E-state index contributed by atoms with van der Waals surface area (Å²) in [6, 6.07) is 4.00. The highest BCUT2D eigenvalue weighted by Crippen LogP contribution is 2.33. The van der Waals surface area contributed by atoms with E-state index in [1.165, 1.54) is 5.56 Å². The molecule has 1 aliphatic heterocycles. The van der Waals surface area contributed by atoms with E-state index in [1.807, 2.05) is 13.0 Å². The van der Waals surface area contributed by atoms with Gasteiger partial charge in [0, 0.05) is 17.3 Å². The number of benzene rings is 1. The van der Waals surface area contributed by atoms with Crippen molar-refractivity contribution >= 4 is 15.9 Å². The Labute approximate surface area is 110 Å². The monoisotopic (exact) mass is 300 g/mol. The third kappa shape index (κ3) is 2.81. The van der Waals surface area contributed by atoms with Crippen LogP contribution < -0.4 is 4.74 Å². The first-order chi connectivity index (χ1) is 8.11. The van der Waals surface area contributed by atoms with E-state index in [2.05, 4.69) is 22.0 Å². The molecule has 2 unspecified atom stereocenters. The van der Waals surface area contributed by atoms with Gasteiger partial charge >= 0.3 is 0 Å². The average molecular weight is 301 g/mol. The van der Waals surface area contributed by atoms with Crippen LogP contribution in [0.4, 0.5) is 0 Å². The molecule has 0 spiro atoms. The summed E-state index contributed by atoms with van der Waals surface area (Å²) in [5, 5.41) is 19.5. The summed E-state index contributed by atoms with van der Waals surface area (Å²) in [5.74, 6) is 0.885. The molecule has 17 heavy (non-hydrogen) atoms. The minimum Gasteiger partial charge on any atom is -0.493 e. The van der Waals surface area contributed by atoms with Crippen molar-refractivity contribution in [1.29, 1.82) is 0 Å². The SMILES string of the molecule is CCC(O)C(O)Cc1cc(Br)cc2c1OCC2. The van der Waals surface area contributed by atoms with Crippen molar-refractivity contribution in [2.45, 2.75) is 38.4 Å². The lowest BCUT2D eigenvalue weighted by atomic mass is 9.99. The predicted molar refractivity (Wildman–Crippen MR) is 69.3 cm³/mol. The molecule has 0 aromatic heterocycles. The van der Waals surface area contributed by atoms with Crippen LogP contribution in [-0.2, 0) is 12.8 Å². The quantitative estimate of drug-likeness (QED) is 0.895. The van der Waals surface area contributed by atoms with Crippen LogP contribution in [0.15, 0.2) is 16.6 Å². The van der Waals surface area contributed by atoms with Crippen LogP contribution >= 0.6 is 15.9 Å². The molecule has 0 saturated carbocycles. The third-order valence-electron chi connectivity index (χ3n) is 3.12. The van der Waals surface area contributed by atoms with Gasteiger partial charge in [0.1, 0.15) is 5.75 Å². The molecule has 3 nitrogen and oxygen atoms in total. The van der Waals surface area contributed by atoms with E-state index in [4.69, 9.17) is 4.74 Å². The molecule has 0 amide bonds. The summed E-state index contributed by atoms with van der Waals surface area (Å²) in [6.07, 6.45) is 0.483. The second-order valence-electron chi connectivity index (χ2n) is 4.40. The summed E-state index contributed by atoms with van der Waals surface area (Å²) in [7, 11) is 0. The number of ether oxygens (including phenoxy) is 1. The molecule has 0 bridgehead atoms. The molecule has 4 heteroatoms. The van der Waals surface area contributed by atoms with E-state index in [1.54, 1.807) is 0 Å². The highest BCUT2D eigenvalue weighted by atomic mass is 79.9. The smallest absolute Gasteiger partial charge is 0.125 e. The number of aliphatic hydroxyl groups is 2. The summed E-state index contributed by atoms with van der Waals surface area (Å²) in [5.41, 5.74) is 2.14. The van der Waals surface area contributed by atoms with E-state index in [-0.39, 0.29) is 0 Å². The Hall–Kier alpha value is -0.580. The van der Waals surface area contributed by atoms with Crippen molar-refractivity contribution in [1.82, 2.24) is 0 Å². The molecule has 1 aromatic rings. The van der Waals surface area contributed by atoms with Gasteiger partial charge in [-0.25, -0.2) is 0 Å². The van der Waals surface area contributed by atoms with E-state index >= 15 is 0 Å². The lowest BCUT2D eigenvalue weighted by molar-refractivity contribution is 0.0179. The fourth-order valence-electron chi connectivity index (χ4n) is 2.13. The molecule has 0 saturated heterocycles. The highest BCUT2D eigenvalue weighted by Gasteiger charge is 2.21. The standard InChI is InChI=1S/C13H17BrO3/c1-2-11(15)12(16)7-9-6-10(14)5-8-3-4-17-13(8)9/h5-6,11-12,15-16H,2-4,7H2,1H3. The third-order valence-corrected chi connectivity index (χ3v) is 3.57. The first kappa shape index (κ1) is 12.9. The molecule has 1 aliphatic rings. The Balaban J connectivity index is 2.21. The van der Waals surface area contributed by atoms with E-state index in [9.17, 15) is 10.2 Å². The zero-order chi connectivity index (χ0) is 12.4. The van der Waals surface area contributed by atoms with Gasteiger partial charge in [0.05, 0.1) is 18.8 Å². The van der Waals surface area contributed by atoms with E-state index in [0.29, 0.717) is 19.4 Å². The molecule has 0 aliphatic carbocycles. The largest absolute Gasteiger partial charge is 0.493 e. The lowest BCUT2D eigenvalue weighted by Gasteiger charge is -2.17. The normalized spacial score (nSPS) is 17.4. The number of fused-ring (bicyclic) bond motifs is 1. The van der Waals surface area contributed by atoms with Crippen molar-refractivity contribution < 1.29 is 14.9 Å². The molecule has 0 radical (unpaired) electrons. The maximum Gasteiger partial charge on any atom is 0.125 e. The van der Waals surface area contributed by atoms with Gasteiger partial charge in [0.15, 0.2) is 0 Å². The van der Waals surface area contributed by atoms with Gasteiger partial charge in [0.2, 0.25) is 0 Å². The number of hydrogen-bond donors (Lipinski definition) is 2. The van der Waals surface area contributed by atoms with Gasteiger partial charge in [-0.2, -0.15) is 0 Å². The number of hydrogen-bond acceptors (Lipinski definition) is 3. The van der Waals surface area contributed by atoms with Gasteiger partial charge in [-0.3, -0.25) is 0 Å². The summed E-state index contributed by atoms with van der Waals surface area (Å²) >= 11 is 3.46. The maximum absolute atomic E-state index is 9.87. The molecule has 94 valence electrons. The number of halogens is 1. The predicted octanol–water partition coefficient (Wildman–Crippen LogP) is 2.06. The molecule has 0 fully saturated rings. The summed E-state index contributed by atoms with van der Waals surface area (Å²) < 4.78 is 6.58. The second kappa shape index (κ2) is 5.38. The fourth-order valence-corrected chi connectivity index (χ4v) is 2.68. The average Bonchev–Trinajstić information content (AvgIpc) is 2.75. The van der Waals surface area contributed by atoms with Gasteiger partial charge < -0.3 is 14.9 Å². The van der Waals surface area contributed by atoms with Crippen LogP contribution in [0, 0.1) is 0 Å². The number of aliphatic hydroxyl groups excluding tert-OH is 2. The first-order valence-corrected chi connectivity index (χ1v) is 6.71. The number of rotatable bonds is 4. The van der Waals surface area contributed by atoms with Crippen molar-refractivity contribution in [3.8, 4) is 5.75 Å². The van der Waals surface area contributed by atoms with Gasteiger partial charge in [-0.1, -0.05) is 22.9 Å². The second-order valence-corrected chi connectivity index (χ2v) is 5.31. The van der Waals surface area contributed by atoms with Crippen molar-refractivity contribution in [2.75, 3.05) is 6.61 Å². The molecule has 1 heterocycles. The molecular formula is C13H17BrO3. The Morgan fingerprint density at radius 3 is 2.82 bits per heavy atom. The van der Waals surface area contributed by atoms with Gasteiger partial charge in [-0.15, -0.1) is 0 Å². The van der Waals surface area contributed by atoms with Crippen molar-refractivity contribution in [2.24, 2.45) is 0 Å². The molecule has 2 rings (SSSR count). The first-order valence-electron chi connectivity index (χ1n) is 5.92. The van der Waals surface area contributed by atoms with Crippen LogP contribution in [0.3, 0.4) is 0 Å². The Bertz CT molecular complexity index is 406. The molecule has 2 N–H and O–H groups in total. The van der Waals surface area contributed by atoms with Crippen LogP contribution in [0.1, 0.15) is 24.5 Å². The minimum atomic E-state index is -0.734. The Morgan fingerprint density at radius 2 is 2.12 bits per heavy atom. The molecule has 1 aromatic carbocycles. The van der Waals surface area contributed by atoms with Gasteiger partial charge in [0.25, 0.3) is 0 Å². The minimum absolute atomic E-state index is 0.427. The van der Waals surface area contributed by atoms with Crippen molar-refractivity contribution in [3.05, 3.63) is 27.7 Å². The Kier molecular flexibility index (Phi) is 4.07.